The molecule has 1 aliphatic rings. The van der Waals surface area contributed by atoms with E-state index >= 15 is 0 Å². The predicted molar refractivity (Wildman–Crippen MR) is 78.1 cm³/mol. The summed E-state index contributed by atoms with van der Waals surface area (Å²) in [7, 11) is 0. The van der Waals surface area contributed by atoms with E-state index in [1.165, 1.54) is 11.3 Å². The van der Waals surface area contributed by atoms with Crippen LogP contribution in [-0.4, -0.2) is 10.9 Å². The predicted octanol–water partition coefficient (Wildman–Crippen LogP) is 3.05. The van der Waals surface area contributed by atoms with Gasteiger partial charge in [0.05, 0.1) is 5.69 Å². The lowest BCUT2D eigenvalue weighted by molar-refractivity contribution is -0.117. The van der Waals surface area contributed by atoms with Crippen molar-refractivity contribution < 1.29 is 4.79 Å². The van der Waals surface area contributed by atoms with Crippen LogP contribution in [0.5, 0.6) is 0 Å². The van der Waals surface area contributed by atoms with E-state index < -0.39 is 0 Å². The summed E-state index contributed by atoms with van der Waals surface area (Å²) in [6.45, 7) is 2.01. The molecule has 1 fully saturated rings. The number of carbonyl (C=O) groups excluding carboxylic acids is 1. The third-order valence-electron chi connectivity index (χ3n) is 3.19. The quantitative estimate of drug-likeness (QED) is 0.903. The second-order valence-corrected chi connectivity index (χ2v) is 6.03. The average Bonchev–Trinajstić information content (AvgIpc) is 3.16. The largest absolute Gasteiger partial charge is 0.375 e. The molecule has 0 atom stereocenters. The normalized spacial score (nSPS) is 14.4. The van der Waals surface area contributed by atoms with Gasteiger partial charge >= 0.3 is 0 Å². The van der Waals surface area contributed by atoms with Crippen molar-refractivity contribution in [1.82, 2.24) is 4.98 Å². The minimum absolute atomic E-state index is 0.127. The van der Waals surface area contributed by atoms with E-state index in [4.69, 9.17) is 5.73 Å². The summed E-state index contributed by atoms with van der Waals surface area (Å²) in [4.78, 5) is 17.1. The van der Waals surface area contributed by atoms with Gasteiger partial charge in [0, 0.05) is 22.0 Å². The molecule has 5 heteroatoms. The number of hydrogen-bond acceptors (Lipinski definition) is 4. The van der Waals surface area contributed by atoms with Crippen molar-refractivity contribution in [2.75, 3.05) is 11.1 Å². The zero-order valence-corrected chi connectivity index (χ0v) is 11.5. The minimum Gasteiger partial charge on any atom is -0.375 e. The molecule has 0 unspecified atom stereocenters. The van der Waals surface area contributed by atoms with Gasteiger partial charge in [0.2, 0.25) is 5.91 Å². The molecule has 0 bridgehead atoms. The van der Waals surface area contributed by atoms with Gasteiger partial charge in [-0.25, -0.2) is 4.98 Å². The van der Waals surface area contributed by atoms with Crippen LogP contribution < -0.4 is 11.1 Å². The molecule has 1 aromatic carbocycles. The number of aromatic nitrogens is 1. The maximum absolute atomic E-state index is 11.6. The van der Waals surface area contributed by atoms with Crippen molar-refractivity contribution in [3.63, 3.8) is 0 Å². The van der Waals surface area contributed by atoms with E-state index in [0.717, 1.165) is 34.7 Å². The fraction of sp³-hybridized carbons (Fsp3) is 0.286. The maximum atomic E-state index is 11.6. The summed E-state index contributed by atoms with van der Waals surface area (Å²) in [6, 6.07) is 7.74. The third kappa shape index (κ3) is 2.61. The van der Waals surface area contributed by atoms with Crippen molar-refractivity contribution in [2.45, 2.75) is 19.8 Å². The molecule has 19 heavy (non-hydrogen) atoms. The maximum Gasteiger partial charge on any atom is 0.227 e. The molecule has 0 aliphatic heterocycles. The van der Waals surface area contributed by atoms with Crippen LogP contribution >= 0.6 is 11.3 Å². The second-order valence-electron chi connectivity index (χ2n) is 4.80. The van der Waals surface area contributed by atoms with E-state index in [2.05, 4.69) is 10.3 Å². The molecule has 98 valence electrons. The van der Waals surface area contributed by atoms with Gasteiger partial charge in [0.1, 0.15) is 0 Å². The van der Waals surface area contributed by atoms with E-state index in [1.54, 1.807) is 0 Å². The molecular weight excluding hydrogens is 258 g/mol. The van der Waals surface area contributed by atoms with Crippen molar-refractivity contribution in [3.8, 4) is 11.3 Å². The topological polar surface area (TPSA) is 68.0 Å². The first kappa shape index (κ1) is 12.2. The Hall–Kier alpha value is -1.88. The number of benzene rings is 1. The second kappa shape index (κ2) is 4.66. The molecule has 1 saturated carbocycles. The highest BCUT2D eigenvalue weighted by Gasteiger charge is 2.29. The molecule has 1 heterocycles. The Labute approximate surface area is 115 Å². The smallest absolute Gasteiger partial charge is 0.227 e. The summed E-state index contributed by atoms with van der Waals surface area (Å²) >= 11 is 1.49. The Bertz CT molecular complexity index is 614. The van der Waals surface area contributed by atoms with Gasteiger partial charge in [-0.15, -0.1) is 11.3 Å². The molecule has 1 amide bonds. The fourth-order valence-electron chi connectivity index (χ4n) is 1.99. The van der Waals surface area contributed by atoms with Crippen LogP contribution in [0, 0.1) is 12.8 Å². The first-order valence-electron chi connectivity index (χ1n) is 6.27. The standard InChI is InChI=1S/C14H15N3OS/c1-8-12(17-14(15)19-8)9-4-6-11(7-5-9)16-13(18)10-2-3-10/h4-7,10H,2-3H2,1H3,(H2,15,17)(H,16,18). The van der Waals surface area contributed by atoms with Crippen molar-refractivity contribution in [2.24, 2.45) is 5.92 Å². The number of aryl methyl sites for hydroxylation is 1. The molecule has 3 rings (SSSR count). The van der Waals surface area contributed by atoms with Crippen LogP contribution in [0.25, 0.3) is 11.3 Å². The number of nitrogens with one attached hydrogen (secondary N) is 1. The van der Waals surface area contributed by atoms with Gasteiger partial charge in [0.25, 0.3) is 0 Å². The molecule has 0 saturated heterocycles. The van der Waals surface area contributed by atoms with Gasteiger partial charge in [-0.05, 0) is 31.9 Å². The van der Waals surface area contributed by atoms with Gasteiger partial charge in [0.15, 0.2) is 5.13 Å². The zero-order valence-electron chi connectivity index (χ0n) is 10.6. The number of hydrogen-bond donors (Lipinski definition) is 2. The van der Waals surface area contributed by atoms with Crippen LogP contribution in [0.4, 0.5) is 10.8 Å². The molecular formula is C14H15N3OS. The number of nitrogen functional groups attached to an aromatic ring is 1. The molecule has 4 nitrogen and oxygen atoms in total. The van der Waals surface area contributed by atoms with E-state index in [1.807, 2.05) is 31.2 Å². The summed E-state index contributed by atoms with van der Waals surface area (Å²) < 4.78 is 0. The zero-order chi connectivity index (χ0) is 13.4. The molecule has 0 spiro atoms. The Morgan fingerprint density at radius 3 is 2.58 bits per heavy atom. The Balaban J connectivity index is 1.78. The van der Waals surface area contributed by atoms with Crippen LogP contribution in [0.2, 0.25) is 0 Å². The van der Waals surface area contributed by atoms with Crippen LogP contribution in [0.1, 0.15) is 17.7 Å². The Kier molecular flexibility index (Phi) is 2.98. The van der Waals surface area contributed by atoms with Gasteiger partial charge in [-0.3, -0.25) is 4.79 Å². The number of amides is 1. The van der Waals surface area contributed by atoms with Gasteiger partial charge < -0.3 is 11.1 Å². The number of thiazole rings is 1. The molecule has 1 aliphatic carbocycles. The molecule has 0 radical (unpaired) electrons. The highest BCUT2D eigenvalue weighted by Crippen LogP contribution is 2.31. The highest BCUT2D eigenvalue weighted by molar-refractivity contribution is 7.15. The summed E-state index contributed by atoms with van der Waals surface area (Å²) in [5, 5.41) is 3.50. The molecule has 2 aromatic rings. The van der Waals surface area contributed by atoms with Gasteiger partial charge in [-0.2, -0.15) is 0 Å². The lowest BCUT2D eigenvalue weighted by Crippen LogP contribution is -2.12. The van der Waals surface area contributed by atoms with E-state index in [-0.39, 0.29) is 11.8 Å². The van der Waals surface area contributed by atoms with Crippen LogP contribution in [-0.2, 0) is 4.79 Å². The number of nitrogens with two attached hydrogens (primary N) is 1. The number of anilines is 2. The lowest BCUT2D eigenvalue weighted by Gasteiger charge is -2.05. The minimum atomic E-state index is 0.127. The number of rotatable bonds is 3. The molecule has 1 aromatic heterocycles. The number of nitrogens with zero attached hydrogens (tertiary/aromatic N) is 1. The van der Waals surface area contributed by atoms with Crippen molar-refractivity contribution in [1.29, 1.82) is 0 Å². The Morgan fingerprint density at radius 2 is 2.05 bits per heavy atom. The van der Waals surface area contributed by atoms with Crippen LogP contribution in [0.3, 0.4) is 0 Å². The number of carbonyl (C=O) groups is 1. The Morgan fingerprint density at radius 1 is 1.37 bits per heavy atom. The highest BCUT2D eigenvalue weighted by atomic mass is 32.1. The average molecular weight is 273 g/mol. The van der Waals surface area contributed by atoms with Crippen molar-refractivity contribution in [3.05, 3.63) is 29.1 Å². The molecule has 3 N–H and O–H groups in total. The first-order chi connectivity index (χ1) is 9.13. The van der Waals surface area contributed by atoms with Gasteiger partial charge in [-0.1, -0.05) is 12.1 Å². The first-order valence-corrected chi connectivity index (χ1v) is 7.09. The SMILES string of the molecule is Cc1sc(N)nc1-c1ccc(NC(=O)C2CC2)cc1. The van der Waals surface area contributed by atoms with Crippen molar-refractivity contribution >= 4 is 28.1 Å². The summed E-state index contributed by atoms with van der Waals surface area (Å²) in [5.74, 6) is 0.349. The lowest BCUT2D eigenvalue weighted by atomic mass is 10.1. The monoisotopic (exact) mass is 273 g/mol. The van der Waals surface area contributed by atoms with E-state index in [0.29, 0.717) is 5.13 Å². The summed E-state index contributed by atoms with van der Waals surface area (Å²) in [6.07, 6.45) is 2.03. The van der Waals surface area contributed by atoms with Crippen LogP contribution in [0.15, 0.2) is 24.3 Å². The van der Waals surface area contributed by atoms with E-state index in [9.17, 15) is 4.79 Å². The third-order valence-corrected chi connectivity index (χ3v) is 3.99. The fourth-order valence-corrected chi connectivity index (χ4v) is 2.70. The summed E-state index contributed by atoms with van der Waals surface area (Å²) in [5.41, 5.74) is 8.48.